The van der Waals surface area contributed by atoms with Crippen LogP contribution in [0.3, 0.4) is 0 Å². The lowest BCUT2D eigenvalue weighted by Gasteiger charge is -2.52. The Morgan fingerprint density at radius 2 is 1.15 bits per heavy atom. The van der Waals surface area contributed by atoms with Crippen molar-refractivity contribution in [2.24, 2.45) is 0 Å². The topological polar surface area (TPSA) is 97.6 Å². The van der Waals surface area contributed by atoms with E-state index in [1.54, 1.807) is 6.07 Å². The number of aliphatic hydroxyl groups is 3. The summed E-state index contributed by atoms with van der Waals surface area (Å²) >= 11 is 0. The monoisotopic (exact) mass is 576 g/mol. The molecule has 2 heterocycles. The van der Waals surface area contributed by atoms with Crippen molar-refractivity contribution in [3.8, 4) is 33.8 Å². The third kappa shape index (κ3) is 4.82. The lowest BCUT2D eigenvalue weighted by Crippen LogP contribution is -2.70. The van der Waals surface area contributed by atoms with Gasteiger partial charge in [0.2, 0.25) is 5.79 Å². The lowest BCUT2D eigenvalue weighted by molar-refractivity contribution is -0.329. The van der Waals surface area contributed by atoms with Crippen molar-refractivity contribution < 1.29 is 33.8 Å². The zero-order chi connectivity index (χ0) is 27.8. The Morgan fingerprint density at radius 1 is 0.675 bits per heavy atom. The van der Waals surface area contributed by atoms with Gasteiger partial charge in [-0.3, -0.25) is 0 Å². The van der Waals surface area contributed by atoms with Gasteiger partial charge in [-0.05, 0) is 30.2 Å². The average Bonchev–Trinajstić information content (AvgIpc) is 3.25. The van der Waals surface area contributed by atoms with E-state index in [-0.39, 0.29) is 6.61 Å². The van der Waals surface area contributed by atoms with Gasteiger partial charge in [-0.1, -0.05) is 97.1 Å². The summed E-state index contributed by atoms with van der Waals surface area (Å²) in [4.78, 5) is 0. The molecule has 6 rings (SSSR count). The van der Waals surface area contributed by atoms with Crippen LogP contribution in [0, 0.1) is 0 Å². The van der Waals surface area contributed by atoms with Gasteiger partial charge in [0.25, 0.3) is 0 Å². The molecule has 0 aromatic heterocycles. The van der Waals surface area contributed by atoms with Crippen molar-refractivity contribution in [3.05, 3.63) is 109 Å². The smallest absolute Gasteiger partial charge is 0.202 e. The summed E-state index contributed by atoms with van der Waals surface area (Å²) in [5.41, 5.74) is 3.62. The number of hydrogen-bond acceptors (Lipinski definition) is 7. The van der Waals surface area contributed by atoms with Crippen molar-refractivity contribution in [2.75, 3.05) is 6.61 Å². The van der Waals surface area contributed by atoms with Gasteiger partial charge in [-0.25, -0.2) is 0 Å². The van der Waals surface area contributed by atoms with Crippen molar-refractivity contribution >= 4 is 17.6 Å². The molecule has 206 valence electrons. The third-order valence-electron chi connectivity index (χ3n) is 7.35. The molecular weight excluding hydrogens is 546 g/mol. The first-order chi connectivity index (χ1) is 19.3. The van der Waals surface area contributed by atoms with E-state index >= 15 is 0 Å². The number of hydrogen-bond donors (Lipinski definition) is 3. The molecule has 0 aliphatic carbocycles. The van der Waals surface area contributed by atoms with E-state index in [9.17, 15) is 15.3 Å². The van der Waals surface area contributed by atoms with Gasteiger partial charge in [-0.15, -0.1) is 0 Å². The second-order valence-corrected chi connectivity index (χ2v) is 12.4. The van der Waals surface area contributed by atoms with Crippen LogP contribution >= 0.6 is 17.6 Å². The fraction of sp³-hybridized carbons (Fsp3) is 0.226. The van der Waals surface area contributed by atoms with Crippen molar-refractivity contribution in [1.82, 2.24) is 0 Å². The summed E-state index contributed by atoms with van der Waals surface area (Å²) in [5.74, 6) is -0.941. The van der Waals surface area contributed by atoms with Gasteiger partial charge in [0.15, 0.2) is 10.7 Å². The van der Waals surface area contributed by atoms with Gasteiger partial charge >= 0.3 is 0 Å². The van der Waals surface area contributed by atoms with Crippen molar-refractivity contribution in [3.63, 3.8) is 0 Å². The van der Waals surface area contributed by atoms with E-state index in [4.69, 9.17) is 18.5 Å². The molecule has 0 radical (unpaired) electrons. The van der Waals surface area contributed by atoms with Crippen molar-refractivity contribution in [2.45, 2.75) is 35.6 Å². The molecule has 0 spiro atoms. The van der Waals surface area contributed by atoms with Crippen LogP contribution in [0.15, 0.2) is 109 Å². The highest BCUT2D eigenvalue weighted by Crippen LogP contribution is 2.60. The highest BCUT2D eigenvalue weighted by atomic mass is 31.1. The Labute approximate surface area is 236 Å². The quantitative estimate of drug-likeness (QED) is 0.237. The molecule has 3 N–H and O–H groups in total. The highest BCUT2D eigenvalue weighted by Gasteiger charge is 2.73. The Balaban J connectivity index is 1.26. The van der Waals surface area contributed by atoms with Gasteiger partial charge in [0, 0.05) is 11.1 Å². The molecule has 2 bridgehead atoms. The zero-order valence-corrected chi connectivity index (χ0v) is 23.7. The summed E-state index contributed by atoms with van der Waals surface area (Å²) in [6.07, 6.45) is -2.13. The lowest BCUT2D eigenvalue weighted by atomic mass is 9.94. The first kappa shape index (κ1) is 27.3. The Bertz CT molecular complexity index is 1470. The highest BCUT2D eigenvalue weighted by molar-refractivity contribution is 7.36. The molecule has 7 nitrogen and oxygen atoms in total. The zero-order valence-electron chi connectivity index (χ0n) is 21.7. The molecule has 2 fully saturated rings. The van der Waals surface area contributed by atoms with Crippen LogP contribution in [0.1, 0.15) is 6.92 Å². The Kier molecular flexibility index (Phi) is 7.41. The normalized spacial score (nSPS) is 29.8. The molecule has 2 saturated heterocycles. The Morgan fingerprint density at radius 3 is 1.70 bits per heavy atom. The molecule has 9 heteroatoms. The molecule has 0 saturated carbocycles. The maximum absolute atomic E-state index is 11.9. The predicted molar refractivity (Wildman–Crippen MR) is 157 cm³/mol. The van der Waals surface area contributed by atoms with Crippen LogP contribution in [0.25, 0.3) is 22.3 Å². The Hall–Kier alpha value is -2.86. The largest absolute Gasteiger partial charge is 0.473 e. The minimum Gasteiger partial charge on any atom is -0.473 e. The van der Waals surface area contributed by atoms with Crippen LogP contribution < -0.4 is 9.05 Å². The van der Waals surface area contributed by atoms with Gasteiger partial charge in [0.05, 0.1) is 6.61 Å². The number of fused-ring (bicyclic) bond motifs is 2. The standard InChI is InChI=1S/C31H30O7P2/c1-29(32)31(34,40-38-26-19-11-9-17-24(26)22-14-6-3-7-15-22)28-30(33,27(36-29)20-35-28)39-37-25-18-10-8-16-23(25)21-12-4-2-5-13-21/h2-19,27-28,32-34,39-40H,20H2,1H3/t27-,28+,29+,30+,31+/m1/s1. The van der Waals surface area contributed by atoms with Crippen molar-refractivity contribution in [1.29, 1.82) is 0 Å². The minimum atomic E-state index is -2.09. The summed E-state index contributed by atoms with van der Waals surface area (Å²) in [6, 6.07) is 34.6. The van der Waals surface area contributed by atoms with E-state index in [2.05, 4.69) is 0 Å². The molecule has 2 unspecified atom stereocenters. The fourth-order valence-electron chi connectivity index (χ4n) is 5.14. The first-order valence-electron chi connectivity index (χ1n) is 13.0. The van der Waals surface area contributed by atoms with E-state index in [0.29, 0.717) is 11.5 Å². The summed E-state index contributed by atoms with van der Waals surface area (Å²) in [5, 5.41) is 31.3. The molecule has 4 aromatic rings. The van der Waals surface area contributed by atoms with Crippen LogP contribution in [0.2, 0.25) is 0 Å². The molecular formula is C31H30O7P2. The van der Waals surface area contributed by atoms with Gasteiger partial charge in [0.1, 0.15) is 41.3 Å². The van der Waals surface area contributed by atoms with E-state index in [1.165, 1.54) is 6.92 Å². The van der Waals surface area contributed by atoms with Gasteiger partial charge in [-0.2, -0.15) is 0 Å². The maximum atomic E-state index is 11.9. The van der Waals surface area contributed by atoms with Crippen LogP contribution in [-0.2, 0) is 9.47 Å². The molecule has 2 aliphatic rings. The van der Waals surface area contributed by atoms with Crippen LogP contribution in [0.5, 0.6) is 11.5 Å². The van der Waals surface area contributed by atoms with Gasteiger partial charge < -0.3 is 33.8 Å². The first-order valence-corrected chi connectivity index (χ1v) is 14.8. The second-order valence-electron chi connectivity index (χ2n) is 10.0. The number of benzene rings is 4. The molecule has 40 heavy (non-hydrogen) atoms. The third-order valence-corrected chi connectivity index (χ3v) is 9.94. The molecule has 4 aromatic carbocycles. The fourth-order valence-corrected chi connectivity index (χ4v) is 7.51. The van der Waals surface area contributed by atoms with E-state index in [0.717, 1.165) is 22.3 Å². The summed E-state index contributed by atoms with van der Waals surface area (Å²) < 4.78 is 24.2. The molecule has 2 aliphatic heterocycles. The number of para-hydroxylation sites is 2. The van der Waals surface area contributed by atoms with Crippen LogP contribution in [0.4, 0.5) is 0 Å². The molecule has 7 atom stereocenters. The SMILES string of the molecule is C[C@]1(O)O[C@@H]2CO[C@@H]([C@@]2(O)POc2ccccc2-c2ccccc2)[C@]1(O)POc1ccccc1-c1ccccc1. The van der Waals surface area contributed by atoms with E-state index < -0.39 is 46.3 Å². The second kappa shape index (κ2) is 10.8. The summed E-state index contributed by atoms with van der Waals surface area (Å²) in [7, 11) is -1.28. The maximum Gasteiger partial charge on any atom is 0.202 e. The predicted octanol–water partition coefficient (Wildman–Crippen LogP) is 5.55. The van der Waals surface area contributed by atoms with E-state index in [1.807, 2.05) is 103 Å². The number of rotatable bonds is 8. The number of ether oxygens (including phenoxy) is 2. The van der Waals surface area contributed by atoms with Crippen LogP contribution in [-0.4, -0.2) is 50.6 Å². The summed E-state index contributed by atoms with van der Waals surface area (Å²) in [6.45, 7) is 1.36. The minimum absolute atomic E-state index is 0.0125. The molecule has 0 amide bonds. The average molecular weight is 577 g/mol.